The monoisotopic (exact) mass is 959 g/mol. The number of allylic oxidation sites excluding steroid dienone is 3. The van der Waals surface area contributed by atoms with Crippen LogP contribution in [-0.2, 0) is 63.6 Å². The van der Waals surface area contributed by atoms with Crippen molar-refractivity contribution in [3.8, 4) is 11.3 Å². The van der Waals surface area contributed by atoms with E-state index >= 15 is 0 Å². The number of benzene rings is 2. The molecule has 374 valence electrons. The summed E-state index contributed by atoms with van der Waals surface area (Å²) in [5.74, 6) is 0.713. The number of rotatable bonds is 33. The third-order valence-electron chi connectivity index (χ3n) is 11.2. The summed E-state index contributed by atoms with van der Waals surface area (Å²) in [5, 5.41) is 10.1. The molecule has 0 amide bonds. The molecule has 0 saturated carbocycles. The van der Waals surface area contributed by atoms with Gasteiger partial charge in [0.15, 0.2) is 13.1 Å². The van der Waals surface area contributed by atoms with E-state index in [1.807, 2.05) is 19.9 Å². The van der Waals surface area contributed by atoms with Gasteiger partial charge >= 0.3 is 5.97 Å². The number of carbonyl (C=O) groups is 1. The molecular weight excluding hydrogens is 885 g/mol. The Kier molecular flexibility index (Phi) is 23.6. The third kappa shape index (κ3) is 18.4. The number of unbranched alkanes of at least 4 members (excludes halogenated alkanes) is 2. The lowest BCUT2D eigenvalue weighted by Crippen LogP contribution is -2.36. The van der Waals surface area contributed by atoms with Crippen molar-refractivity contribution in [3.63, 3.8) is 0 Å². The number of carboxylic acids is 1. The molecule has 67 heavy (non-hydrogen) atoms. The predicted octanol–water partition coefficient (Wildman–Crippen LogP) is 6.43. The maximum Gasteiger partial charge on any atom is 0.303 e. The van der Waals surface area contributed by atoms with E-state index in [1.165, 1.54) is 6.07 Å². The fourth-order valence-corrected chi connectivity index (χ4v) is 8.02. The van der Waals surface area contributed by atoms with Crippen LogP contribution < -0.4 is 14.8 Å². The number of fused-ring (bicyclic) bond motifs is 2. The van der Waals surface area contributed by atoms with E-state index in [2.05, 4.69) is 66.7 Å². The average Bonchev–Trinajstić information content (AvgIpc) is 3.49. The fraction of sp³-hybridized carbons (Fsp3) is 0.600. The van der Waals surface area contributed by atoms with Gasteiger partial charge in [-0.3, -0.25) is 9.35 Å². The lowest BCUT2D eigenvalue weighted by molar-refractivity contribution is -0.137. The summed E-state index contributed by atoms with van der Waals surface area (Å²) in [6.07, 6.45) is 8.26. The topological polar surface area (TPSA) is 185 Å². The minimum atomic E-state index is -4.42. The van der Waals surface area contributed by atoms with Crippen LogP contribution in [-0.4, -0.2) is 150 Å². The number of nitrogens with zero attached hydrogens (tertiary/aromatic N) is 2. The molecular formula is C50H75N2O14S+. The molecule has 3 aliphatic rings. The Morgan fingerprint density at radius 3 is 1.82 bits per heavy atom. The van der Waals surface area contributed by atoms with Gasteiger partial charge in [-0.2, -0.15) is 8.42 Å². The van der Waals surface area contributed by atoms with E-state index < -0.39 is 21.5 Å². The molecule has 0 radical (unpaired) electrons. The highest BCUT2D eigenvalue weighted by Gasteiger charge is 2.40. The van der Waals surface area contributed by atoms with Gasteiger partial charge in [0.2, 0.25) is 5.36 Å². The number of ether oxygens (including phenoxy) is 8. The van der Waals surface area contributed by atoms with Crippen molar-refractivity contribution in [1.82, 2.24) is 4.58 Å². The van der Waals surface area contributed by atoms with Gasteiger partial charge in [-0.25, -0.2) is 4.58 Å². The number of anilines is 1. The molecule has 1 aromatic carbocycles. The van der Waals surface area contributed by atoms with E-state index in [-0.39, 0.29) is 16.7 Å². The molecule has 2 heterocycles. The summed E-state index contributed by atoms with van der Waals surface area (Å²) in [7, 11) is -1.14. The number of hydrogen-bond donors (Lipinski definition) is 2. The first-order valence-electron chi connectivity index (χ1n) is 23.2. The molecule has 0 unspecified atom stereocenters. The van der Waals surface area contributed by atoms with Gasteiger partial charge in [-0.05, 0) is 60.4 Å². The standard InChI is InChI=1S/C50H74N2O14S/c1-49(2,3)47-36-39(12-11-13-46-50(4,5)43-38-41(67(55,56)57)16-18-44(43)52(46)19-10-8-9-14-48(53)54)42-17-15-40(37-45(42)66-47)51(20-22-60-28-30-64-34-32-62-26-24-58-6)21-23-61-29-31-65-35-33-63-27-25-59-7/h11-13,15-18,36-38H,8-10,14,19-35H2,1-7H3,(H-,53,54,55,56,57)/p+1. The first-order chi connectivity index (χ1) is 32.1. The summed E-state index contributed by atoms with van der Waals surface area (Å²) < 4.78 is 87.4. The predicted molar refractivity (Wildman–Crippen MR) is 258 cm³/mol. The molecule has 0 aromatic heterocycles. The van der Waals surface area contributed by atoms with Gasteiger partial charge in [-0.15, -0.1) is 0 Å². The Bertz CT molecular complexity index is 2150. The molecule has 4 rings (SSSR count). The Hall–Kier alpha value is -4.01. The first-order valence-corrected chi connectivity index (χ1v) is 24.6. The molecule has 0 atom stereocenters. The lowest BCUT2D eigenvalue weighted by Gasteiger charge is -2.27. The quantitative estimate of drug-likeness (QED) is 0.0386. The van der Waals surface area contributed by atoms with Crippen LogP contribution >= 0.6 is 0 Å². The average molecular weight is 960 g/mol. The highest BCUT2D eigenvalue weighted by Crippen LogP contribution is 2.48. The number of methoxy groups -OCH3 is 2. The maximum absolute atomic E-state index is 12.2. The molecule has 0 fully saturated rings. The maximum atomic E-state index is 12.2. The molecule has 1 aromatic rings. The van der Waals surface area contributed by atoms with Gasteiger partial charge in [0, 0.05) is 61.0 Å². The van der Waals surface area contributed by atoms with Crippen molar-refractivity contribution in [2.75, 3.05) is 131 Å². The molecule has 2 N–H and O–H groups in total. The van der Waals surface area contributed by atoms with Crippen molar-refractivity contribution in [1.29, 1.82) is 0 Å². The van der Waals surface area contributed by atoms with Crippen LogP contribution in [0.15, 0.2) is 69.6 Å². The third-order valence-corrected chi connectivity index (χ3v) is 12.1. The molecule has 16 nitrogen and oxygen atoms in total. The van der Waals surface area contributed by atoms with Crippen molar-refractivity contribution in [3.05, 3.63) is 82.6 Å². The normalized spacial score (nSPS) is 14.5. The van der Waals surface area contributed by atoms with Crippen molar-refractivity contribution >= 4 is 27.9 Å². The van der Waals surface area contributed by atoms with E-state index in [1.54, 1.807) is 26.4 Å². The Morgan fingerprint density at radius 2 is 1.30 bits per heavy atom. The van der Waals surface area contributed by atoms with Crippen LogP contribution in [0.4, 0.5) is 5.69 Å². The second-order valence-corrected chi connectivity index (χ2v) is 19.1. The van der Waals surface area contributed by atoms with E-state index in [9.17, 15) is 17.8 Å². The van der Waals surface area contributed by atoms with Gasteiger partial charge in [0.05, 0.1) is 90.2 Å². The minimum Gasteiger partial charge on any atom is -0.481 e. The lowest BCUT2D eigenvalue weighted by atomic mass is 9.83. The number of aliphatic carboxylic acids is 1. The second-order valence-electron chi connectivity index (χ2n) is 17.7. The van der Waals surface area contributed by atoms with Crippen LogP contribution in [0, 0.1) is 0 Å². The van der Waals surface area contributed by atoms with Gasteiger partial charge in [0.25, 0.3) is 10.1 Å². The molecule has 1 aliphatic carbocycles. The minimum absolute atomic E-state index is 0.105. The summed E-state index contributed by atoms with van der Waals surface area (Å²) in [4.78, 5) is 13.2. The summed E-state index contributed by atoms with van der Waals surface area (Å²) in [6.45, 7) is 19.1. The first kappa shape index (κ1) is 55.6. The van der Waals surface area contributed by atoms with Crippen LogP contribution in [0.25, 0.3) is 17.4 Å². The molecule has 0 spiro atoms. The van der Waals surface area contributed by atoms with Crippen LogP contribution in [0.5, 0.6) is 0 Å². The largest absolute Gasteiger partial charge is 0.481 e. The Morgan fingerprint density at radius 1 is 0.746 bits per heavy atom. The van der Waals surface area contributed by atoms with E-state index in [0.717, 1.165) is 57.8 Å². The number of carboxylic acid groups (broad SMARTS) is 1. The zero-order valence-corrected chi connectivity index (χ0v) is 41.5. The van der Waals surface area contributed by atoms with Gasteiger partial charge in [-0.1, -0.05) is 53.2 Å². The van der Waals surface area contributed by atoms with Crippen molar-refractivity contribution < 1.29 is 65.2 Å². The fourth-order valence-electron chi connectivity index (χ4n) is 7.51. The van der Waals surface area contributed by atoms with Gasteiger partial charge in [0.1, 0.15) is 24.7 Å². The highest BCUT2D eigenvalue weighted by molar-refractivity contribution is 7.85. The van der Waals surface area contributed by atoms with E-state index in [4.69, 9.17) is 47.4 Å². The Labute approximate surface area is 397 Å². The molecule has 0 bridgehead atoms. The SMILES string of the molecule is COCCOCCOCCOCC[N+](CCOCCOCCOCCOC)=c1ccc2c(C=CC=C3N(CCCCCC(=O)O)c4ccc(S(=O)(=O)O)cc4C3(C)C)cc(C(C)(C)C)oc-2c1. The highest BCUT2D eigenvalue weighted by atomic mass is 32.2. The molecule has 17 heteroatoms. The summed E-state index contributed by atoms with van der Waals surface area (Å²) in [6, 6.07) is 13.0. The van der Waals surface area contributed by atoms with Crippen LogP contribution in [0.1, 0.15) is 77.2 Å². The number of hydrogen-bond acceptors (Lipinski definition) is 13. The second kappa shape index (κ2) is 28.5. The van der Waals surface area contributed by atoms with Crippen LogP contribution in [0.3, 0.4) is 0 Å². The molecule has 2 aliphatic heterocycles. The zero-order chi connectivity index (χ0) is 48.7. The zero-order valence-electron chi connectivity index (χ0n) is 40.7. The summed E-state index contributed by atoms with van der Waals surface area (Å²) in [5.41, 5.74) is 3.54. The Balaban J connectivity index is 1.60. The van der Waals surface area contributed by atoms with Crippen LogP contribution in [0.2, 0.25) is 0 Å². The van der Waals surface area contributed by atoms with E-state index in [0.29, 0.717) is 119 Å². The van der Waals surface area contributed by atoms with Gasteiger partial charge < -0.3 is 52.3 Å². The summed E-state index contributed by atoms with van der Waals surface area (Å²) >= 11 is 0. The van der Waals surface area contributed by atoms with Crippen molar-refractivity contribution in [2.45, 2.75) is 76.0 Å². The van der Waals surface area contributed by atoms with Crippen molar-refractivity contribution in [2.24, 2.45) is 0 Å². The molecule has 0 saturated heterocycles. The smallest absolute Gasteiger partial charge is 0.303 e.